The van der Waals surface area contributed by atoms with Crippen LogP contribution in [-0.4, -0.2) is 35.0 Å². The maximum Gasteiger partial charge on any atom is 0.191 e. The standard InChI is InChI=1S/C14H15N7S/c1-10-15-17-14(20(10)11-7-8-11)22-9-13-16-18-19-21(13)12-5-3-2-4-6-12/h2-6,11H,7-9H2,1H3. The molecule has 0 spiro atoms. The molecule has 0 aliphatic heterocycles. The minimum absolute atomic E-state index is 0.572. The largest absolute Gasteiger partial charge is 0.303 e. The van der Waals surface area contributed by atoms with E-state index in [9.17, 15) is 0 Å². The third-order valence-corrected chi connectivity index (χ3v) is 4.55. The number of thioether (sulfide) groups is 1. The molecule has 112 valence electrons. The molecule has 0 bridgehead atoms. The Morgan fingerprint density at radius 2 is 1.95 bits per heavy atom. The molecule has 7 nitrogen and oxygen atoms in total. The zero-order valence-electron chi connectivity index (χ0n) is 12.1. The van der Waals surface area contributed by atoms with Crippen molar-refractivity contribution < 1.29 is 0 Å². The smallest absolute Gasteiger partial charge is 0.191 e. The van der Waals surface area contributed by atoms with Crippen LogP contribution in [0.2, 0.25) is 0 Å². The summed E-state index contributed by atoms with van der Waals surface area (Å²) >= 11 is 1.63. The first-order chi connectivity index (χ1) is 10.8. The number of tetrazole rings is 1. The Morgan fingerprint density at radius 3 is 2.73 bits per heavy atom. The summed E-state index contributed by atoms with van der Waals surface area (Å²) in [5.41, 5.74) is 0.961. The third kappa shape index (κ3) is 2.50. The Labute approximate surface area is 131 Å². The van der Waals surface area contributed by atoms with Crippen LogP contribution in [0.25, 0.3) is 5.69 Å². The lowest BCUT2D eigenvalue weighted by atomic mass is 10.3. The van der Waals surface area contributed by atoms with Crippen LogP contribution in [-0.2, 0) is 5.75 Å². The van der Waals surface area contributed by atoms with E-state index in [0.717, 1.165) is 22.5 Å². The highest BCUT2D eigenvalue weighted by Crippen LogP contribution is 2.38. The van der Waals surface area contributed by atoms with Gasteiger partial charge in [-0.3, -0.25) is 0 Å². The molecule has 4 rings (SSSR count). The molecular formula is C14H15N7S. The Balaban J connectivity index is 1.55. The average molecular weight is 313 g/mol. The van der Waals surface area contributed by atoms with E-state index in [-0.39, 0.29) is 0 Å². The van der Waals surface area contributed by atoms with Gasteiger partial charge in [0.15, 0.2) is 11.0 Å². The zero-order valence-corrected chi connectivity index (χ0v) is 12.9. The second kappa shape index (κ2) is 5.53. The quantitative estimate of drug-likeness (QED) is 0.672. The van der Waals surface area contributed by atoms with Crippen LogP contribution < -0.4 is 0 Å². The van der Waals surface area contributed by atoms with E-state index in [0.29, 0.717) is 11.8 Å². The second-order valence-electron chi connectivity index (χ2n) is 5.26. The number of para-hydroxylation sites is 1. The topological polar surface area (TPSA) is 74.3 Å². The summed E-state index contributed by atoms with van der Waals surface area (Å²) in [6, 6.07) is 10.5. The van der Waals surface area contributed by atoms with Gasteiger partial charge in [0, 0.05) is 6.04 Å². The van der Waals surface area contributed by atoms with Crippen LogP contribution in [0, 0.1) is 6.92 Å². The molecule has 0 saturated heterocycles. The molecule has 0 amide bonds. The maximum absolute atomic E-state index is 4.28. The Bertz CT molecular complexity index is 776. The van der Waals surface area contributed by atoms with E-state index < -0.39 is 0 Å². The van der Waals surface area contributed by atoms with Crippen molar-refractivity contribution >= 4 is 11.8 Å². The first-order valence-electron chi connectivity index (χ1n) is 7.20. The van der Waals surface area contributed by atoms with E-state index in [2.05, 4.69) is 30.3 Å². The van der Waals surface area contributed by atoms with Gasteiger partial charge in [-0.05, 0) is 42.3 Å². The van der Waals surface area contributed by atoms with Crippen molar-refractivity contribution in [3.05, 3.63) is 42.0 Å². The van der Waals surface area contributed by atoms with Crippen LogP contribution in [0.15, 0.2) is 35.5 Å². The SMILES string of the molecule is Cc1nnc(SCc2nnnn2-c2ccccc2)n1C1CC1. The molecule has 1 aliphatic rings. The van der Waals surface area contributed by atoms with Gasteiger partial charge in [-0.25, -0.2) is 0 Å². The fourth-order valence-electron chi connectivity index (χ4n) is 2.40. The molecule has 0 radical (unpaired) electrons. The van der Waals surface area contributed by atoms with Crippen LogP contribution in [0.1, 0.15) is 30.5 Å². The molecular weight excluding hydrogens is 298 g/mol. The van der Waals surface area contributed by atoms with Gasteiger partial charge in [0.05, 0.1) is 11.4 Å². The number of aromatic nitrogens is 7. The Kier molecular flexibility index (Phi) is 3.38. The maximum atomic E-state index is 4.28. The third-order valence-electron chi connectivity index (χ3n) is 3.61. The minimum Gasteiger partial charge on any atom is -0.303 e. The van der Waals surface area contributed by atoms with E-state index >= 15 is 0 Å². The summed E-state index contributed by atoms with van der Waals surface area (Å²) in [4.78, 5) is 0. The molecule has 0 N–H and O–H groups in total. The average Bonchev–Trinajstić information content (AvgIpc) is 3.15. The fraction of sp³-hybridized carbons (Fsp3) is 0.357. The predicted octanol–water partition coefficient (Wildman–Crippen LogP) is 2.19. The first kappa shape index (κ1) is 13.4. The zero-order chi connectivity index (χ0) is 14.9. The lowest BCUT2D eigenvalue weighted by molar-refractivity contribution is 0.643. The molecule has 1 fully saturated rings. The van der Waals surface area contributed by atoms with Crippen molar-refractivity contribution in [1.29, 1.82) is 0 Å². The van der Waals surface area contributed by atoms with Gasteiger partial charge < -0.3 is 4.57 Å². The molecule has 0 unspecified atom stereocenters. The van der Waals surface area contributed by atoms with Crippen molar-refractivity contribution in [3.8, 4) is 5.69 Å². The van der Waals surface area contributed by atoms with Crippen LogP contribution in [0.3, 0.4) is 0 Å². The minimum atomic E-state index is 0.572. The first-order valence-corrected chi connectivity index (χ1v) is 8.18. The van der Waals surface area contributed by atoms with Gasteiger partial charge in [-0.2, -0.15) is 4.68 Å². The molecule has 1 saturated carbocycles. The number of rotatable bonds is 5. The van der Waals surface area contributed by atoms with Crippen molar-refractivity contribution in [2.24, 2.45) is 0 Å². The molecule has 22 heavy (non-hydrogen) atoms. The summed E-state index contributed by atoms with van der Waals surface area (Å²) in [5.74, 6) is 2.44. The van der Waals surface area contributed by atoms with E-state index in [4.69, 9.17) is 0 Å². The highest BCUT2D eigenvalue weighted by Gasteiger charge is 2.28. The summed E-state index contributed by atoms with van der Waals surface area (Å²) < 4.78 is 3.99. The molecule has 8 heteroatoms. The van der Waals surface area contributed by atoms with Gasteiger partial charge in [-0.1, -0.05) is 30.0 Å². The normalized spacial score (nSPS) is 14.4. The lowest BCUT2D eigenvalue weighted by Gasteiger charge is -2.06. The van der Waals surface area contributed by atoms with Gasteiger partial charge in [-0.15, -0.1) is 15.3 Å². The van der Waals surface area contributed by atoms with Gasteiger partial charge in [0.25, 0.3) is 0 Å². The summed E-state index contributed by atoms with van der Waals surface area (Å²) in [6.07, 6.45) is 2.43. The lowest BCUT2D eigenvalue weighted by Crippen LogP contribution is -2.03. The summed E-state index contributed by atoms with van der Waals surface area (Å²) in [5, 5.41) is 21.4. The summed E-state index contributed by atoms with van der Waals surface area (Å²) in [7, 11) is 0. The molecule has 1 aliphatic carbocycles. The number of nitrogens with zero attached hydrogens (tertiary/aromatic N) is 7. The molecule has 2 aromatic heterocycles. The van der Waals surface area contributed by atoms with E-state index in [1.807, 2.05) is 37.3 Å². The number of hydrogen-bond donors (Lipinski definition) is 0. The van der Waals surface area contributed by atoms with Gasteiger partial charge in [0.1, 0.15) is 5.82 Å². The van der Waals surface area contributed by atoms with Gasteiger partial charge in [0.2, 0.25) is 0 Å². The number of benzene rings is 1. The molecule has 3 aromatic rings. The number of aryl methyl sites for hydroxylation is 1. The van der Waals surface area contributed by atoms with E-state index in [1.54, 1.807) is 16.4 Å². The highest BCUT2D eigenvalue weighted by molar-refractivity contribution is 7.98. The van der Waals surface area contributed by atoms with Crippen LogP contribution in [0.5, 0.6) is 0 Å². The predicted molar refractivity (Wildman–Crippen MR) is 81.7 cm³/mol. The van der Waals surface area contributed by atoms with Crippen molar-refractivity contribution in [3.63, 3.8) is 0 Å². The van der Waals surface area contributed by atoms with Crippen molar-refractivity contribution in [2.75, 3.05) is 0 Å². The highest BCUT2D eigenvalue weighted by atomic mass is 32.2. The second-order valence-corrected chi connectivity index (χ2v) is 6.20. The van der Waals surface area contributed by atoms with Crippen molar-refractivity contribution in [2.45, 2.75) is 36.7 Å². The molecule has 2 heterocycles. The Hall–Kier alpha value is -2.22. The Morgan fingerprint density at radius 1 is 1.14 bits per heavy atom. The molecule has 0 atom stereocenters. The van der Waals surface area contributed by atoms with E-state index in [1.165, 1.54) is 12.8 Å². The van der Waals surface area contributed by atoms with Crippen LogP contribution in [0.4, 0.5) is 0 Å². The number of hydrogen-bond acceptors (Lipinski definition) is 6. The van der Waals surface area contributed by atoms with Crippen molar-refractivity contribution in [1.82, 2.24) is 35.0 Å². The monoisotopic (exact) mass is 313 g/mol. The van der Waals surface area contributed by atoms with Gasteiger partial charge >= 0.3 is 0 Å². The fourth-order valence-corrected chi connectivity index (χ4v) is 3.35. The summed E-state index contributed by atoms with van der Waals surface area (Å²) in [6.45, 7) is 2.00. The van der Waals surface area contributed by atoms with Crippen LogP contribution >= 0.6 is 11.8 Å². The molecule has 1 aromatic carbocycles.